The molecule has 1 heteroatoms. The molecule has 0 bridgehead atoms. The Hall–Kier alpha value is -0.0400. The fourth-order valence-corrected chi connectivity index (χ4v) is 3.42. The summed E-state index contributed by atoms with van der Waals surface area (Å²) < 4.78 is 0. The third kappa shape index (κ3) is 13.4. The topological polar surface area (TPSA) is 26.0 Å². The lowest BCUT2D eigenvalue weighted by atomic mass is 9.88. The zero-order valence-electron chi connectivity index (χ0n) is 15.3. The number of hydrogen-bond acceptors (Lipinski definition) is 1. The monoisotopic (exact) mass is 297 g/mol. The molecule has 0 amide bonds. The van der Waals surface area contributed by atoms with Gasteiger partial charge in [-0.05, 0) is 25.2 Å². The van der Waals surface area contributed by atoms with Crippen LogP contribution in [0.15, 0.2) is 0 Å². The molecule has 128 valence electrons. The van der Waals surface area contributed by atoms with Gasteiger partial charge in [0.25, 0.3) is 0 Å². The van der Waals surface area contributed by atoms with Gasteiger partial charge in [-0.2, -0.15) is 0 Å². The minimum Gasteiger partial charge on any atom is -0.327 e. The zero-order valence-corrected chi connectivity index (χ0v) is 15.3. The molecule has 0 aromatic carbocycles. The quantitative estimate of drug-likeness (QED) is 0.310. The first-order valence-electron chi connectivity index (χ1n) is 10.0. The lowest BCUT2D eigenvalue weighted by molar-refractivity contribution is 0.339. The van der Waals surface area contributed by atoms with Crippen LogP contribution in [0.1, 0.15) is 117 Å². The summed E-state index contributed by atoms with van der Waals surface area (Å²) in [5.41, 5.74) is 6.40. The van der Waals surface area contributed by atoms with Crippen molar-refractivity contribution in [2.45, 2.75) is 123 Å². The van der Waals surface area contributed by atoms with E-state index in [1.807, 2.05) is 0 Å². The van der Waals surface area contributed by atoms with Crippen molar-refractivity contribution >= 4 is 0 Å². The molecule has 0 fully saturated rings. The molecule has 0 radical (unpaired) electrons. The van der Waals surface area contributed by atoms with Crippen molar-refractivity contribution in [2.24, 2.45) is 11.7 Å². The van der Waals surface area contributed by atoms with Crippen molar-refractivity contribution in [2.75, 3.05) is 0 Å². The van der Waals surface area contributed by atoms with Crippen molar-refractivity contribution in [3.63, 3.8) is 0 Å². The van der Waals surface area contributed by atoms with Gasteiger partial charge in [0.2, 0.25) is 0 Å². The predicted octanol–water partition coefficient (Wildman–Crippen LogP) is 6.84. The second kappa shape index (κ2) is 16.3. The van der Waals surface area contributed by atoms with Gasteiger partial charge in [0.15, 0.2) is 0 Å². The molecule has 0 saturated heterocycles. The van der Waals surface area contributed by atoms with Gasteiger partial charge in [-0.15, -0.1) is 0 Å². The lowest BCUT2D eigenvalue weighted by Gasteiger charge is -2.23. The minimum absolute atomic E-state index is 0.457. The van der Waals surface area contributed by atoms with Crippen LogP contribution in [0.2, 0.25) is 0 Å². The summed E-state index contributed by atoms with van der Waals surface area (Å²) in [5, 5.41) is 0. The van der Waals surface area contributed by atoms with Crippen molar-refractivity contribution in [3.05, 3.63) is 0 Å². The normalized spacial score (nSPS) is 13.0. The first-order chi connectivity index (χ1) is 10.3. The maximum atomic E-state index is 6.40. The van der Waals surface area contributed by atoms with Gasteiger partial charge < -0.3 is 5.73 Å². The van der Waals surface area contributed by atoms with E-state index in [-0.39, 0.29) is 0 Å². The summed E-state index contributed by atoms with van der Waals surface area (Å²) in [7, 11) is 0. The maximum Gasteiger partial charge on any atom is 0.00671 e. The van der Waals surface area contributed by atoms with E-state index in [0.29, 0.717) is 6.04 Å². The van der Waals surface area contributed by atoms with Crippen molar-refractivity contribution < 1.29 is 0 Å². The molecular formula is C20H43N. The Balaban J connectivity index is 3.39. The Labute approximate surface area is 135 Å². The summed E-state index contributed by atoms with van der Waals surface area (Å²) in [6.07, 6.45) is 20.7. The van der Waals surface area contributed by atoms with Crippen molar-refractivity contribution in [3.8, 4) is 0 Å². The van der Waals surface area contributed by atoms with Crippen LogP contribution in [0.3, 0.4) is 0 Å². The van der Waals surface area contributed by atoms with Gasteiger partial charge in [-0.1, -0.05) is 97.8 Å². The van der Waals surface area contributed by atoms with Crippen LogP contribution < -0.4 is 5.73 Å². The Morgan fingerprint density at radius 2 is 0.952 bits per heavy atom. The largest absolute Gasteiger partial charge is 0.327 e. The first kappa shape index (κ1) is 21.0. The molecule has 0 heterocycles. The molecule has 0 aromatic heterocycles. The first-order valence-corrected chi connectivity index (χ1v) is 10.0. The van der Waals surface area contributed by atoms with Crippen LogP contribution in [-0.2, 0) is 0 Å². The molecule has 1 nitrogen and oxygen atoms in total. The van der Waals surface area contributed by atoms with Gasteiger partial charge >= 0.3 is 0 Å². The molecule has 0 saturated carbocycles. The lowest BCUT2D eigenvalue weighted by Crippen LogP contribution is -2.30. The van der Waals surface area contributed by atoms with E-state index in [9.17, 15) is 0 Å². The Morgan fingerprint density at radius 3 is 1.38 bits per heavy atom. The van der Waals surface area contributed by atoms with E-state index < -0.39 is 0 Å². The van der Waals surface area contributed by atoms with E-state index in [1.165, 1.54) is 96.3 Å². The molecule has 0 aliphatic carbocycles. The number of unbranched alkanes of at least 4 members (excludes halogenated alkanes) is 9. The van der Waals surface area contributed by atoms with Gasteiger partial charge in [0.1, 0.15) is 0 Å². The highest BCUT2D eigenvalue weighted by molar-refractivity contribution is 4.72. The molecule has 2 N–H and O–H groups in total. The highest BCUT2D eigenvalue weighted by Crippen LogP contribution is 2.20. The second-order valence-electron chi connectivity index (χ2n) is 6.97. The molecule has 1 unspecified atom stereocenters. The number of rotatable bonds is 16. The van der Waals surface area contributed by atoms with Crippen molar-refractivity contribution in [1.82, 2.24) is 0 Å². The average molecular weight is 298 g/mol. The minimum atomic E-state index is 0.457. The third-order valence-corrected chi connectivity index (χ3v) is 4.82. The molecule has 0 spiro atoms. The Bertz CT molecular complexity index is 184. The number of hydrogen-bond donors (Lipinski definition) is 1. The fraction of sp³-hybridized carbons (Fsp3) is 1.00. The van der Waals surface area contributed by atoms with Crippen LogP contribution >= 0.6 is 0 Å². The van der Waals surface area contributed by atoms with Gasteiger partial charge in [0.05, 0.1) is 0 Å². The van der Waals surface area contributed by atoms with Crippen LogP contribution in [0.25, 0.3) is 0 Å². The highest BCUT2D eigenvalue weighted by atomic mass is 14.6. The van der Waals surface area contributed by atoms with Crippen LogP contribution in [0, 0.1) is 5.92 Å². The van der Waals surface area contributed by atoms with Crippen molar-refractivity contribution in [1.29, 1.82) is 0 Å². The van der Waals surface area contributed by atoms with Gasteiger partial charge in [-0.25, -0.2) is 0 Å². The summed E-state index contributed by atoms with van der Waals surface area (Å²) in [6, 6.07) is 0.457. The number of nitrogens with two attached hydrogens (primary N) is 1. The summed E-state index contributed by atoms with van der Waals surface area (Å²) in [4.78, 5) is 0. The van der Waals surface area contributed by atoms with E-state index >= 15 is 0 Å². The molecule has 0 aliphatic rings. The third-order valence-electron chi connectivity index (χ3n) is 4.82. The maximum absolute atomic E-state index is 6.40. The zero-order chi connectivity index (χ0) is 15.8. The second-order valence-corrected chi connectivity index (χ2v) is 6.97. The van der Waals surface area contributed by atoms with E-state index in [2.05, 4.69) is 20.8 Å². The van der Waals surface area contributed by atoms with Crippen LogP contribution in [-0.4, -0.2) is 6.04 Å². The summed E-state index contributed by atoms with van der Waals surface area (Å²) in [5.74, 6) is 0.776. The molecule has 1 atom stereocenters. The Morgan fingerprint density at radius 1 is 0.524 bits per heavy atom. The molecule has 0 rings (SSSR count). The van der Waals surface area contributed by atoms with E-state index in [0.717, 1.165) is 5.92 Å². The standard InChI is InChI=1S/C20H43N/c1-4-7-8-9-10-11-12-13-14-15-18-20(21)19(16-5-2)17-6-3/h19-20H,4-18,21H2,1-3H3. The van der Waals surface area contributed by atoms with E-state index in [1.54, 1.807) is 0 Å². The molecule has 0 aromatic rings. The summed E-state index contributed by atoms with van der Waals surface area (Å²) >= 11 is 0. The average Bonchev–Trinajstić information content (AvgIpc) is 2.48. The highest BCUT2D eigenvalue weighted by Gasteiger charge is 2.15. The van der Waals surface area contributed by atoms with E-state index in [4.69, 9.17) is 5.73 Å². The smallest absolute Gasteiger partial charge is 0.00671 e. The SMILES string of the molecule is CCCCCCCCCCCCC(N)C(CCC)CCC. The summed E-state index contributed by atoms with van der Waals surface area (Å²) in [6.45, 7) is 6.86. The van der Waals surface area contributed by atoms with Crippen LogP contribution in [0.5, 0.6) is 0 Å². The van der Waals surface area contributed by atoms with Crippen LogP contribution in [0.4, 0.5) is 0 Å². The van der Waals surface area contributed by atoms with Gasteiger partial charge in [0, 0.05) is 6.04 Å². The fourth-order valence-electron chi connectivity index (χ4n) is 3.42. The molecule has 21 heavy (non-hydrogen) atoms. The Kier molecular flexibility index (Phi) is 16.3. The predicted molar refractivity (Wildman–Crippen MR) is 97.7 cm³/mol. The van der Waals surface area contributed by atoms with Gasteiger partial charge in [-0.3, -0.25) is 0 Å². The molecular weight excluding hydrogens is 254 g/mol. The molecule has 0 aliphatic heterocycles.